The largest absolute Gasteiger partial charge is 0.461 e. The van der Waals surface area contributed by atoms with Crippen LogP contribution in [0.15, 0.2) is 47.4 Å². The summed E-state index contributed by atoms with van der Waals surface area (Å²) in [6.07, 6.45) is 0. The van der Waals surface area contributed by atoms with E-state index in [2.05, 4.69) is 0 Å². The molecule has 136 valence electrons. The minimum absolute atomic E-state index is 0.0408. The van der Waals surface area contributed by atoms with Crippen molar-refractivity contribution in [2.24, 2.45) is 0 Å². The number of hydrogen-bond acceptors (Lipinski definition) is 3. The molecule has 1 atom stereocenters. The molecule has 0 spiro atoms. The molecular formula is C18H15Cl2NO4S. The second-order valence-electron chi connectivity index (χ2n) is 5.50. The summed E-state index contributed by atoms with van der Waals surface area (Å²) in [6, 6.07) is 12.2. The molecule has 2 aromatic carbocycles. The molecule has 0 fully saturated rings. The third-order valence-corrected chi connectivity index (χ3v) is 5.39. The Labute approximate surface area is 162 Å². The second kappa shape index (κ2) is 7.80. The summed E-state index contributed by atoms with van der Waals surface area (Å²) < 4.78 is 28.5. The lowest BCUT2D eigenvalue weighted by Crippen LogP contribution is -2.15. The second-order valence-corrected chi connectivity index (χ2v) is 7.22. The van der Waals surface area contributed by atoms with E-state index in [-0.39, 0.29) is 23.7 Å². The Morgan fingerprint density at radius 2 is 1.92 bits per heavy atom. The number of fused-ring (bicyclic) bond motifs is 1. The first kappa shape index (κ1) is 18.9. The van der Waals surface area contributed by atoms with Gasteiger partial charge in [-0.05, 0) is 30.7 Å². The number of ether oxygens (including phenoxy) is 1. The van der Waals surface area contributed by atoms with Crippen LogP contribution in [0.4, 0.5) is 0 Å². The molecular weight excluding hydrogens is 397 g/mol. The van der Waals surface area contributed by atoms with Crippen molar-refractivity contribution in [2.45, 2.75) is 18.4 Å². The van der Waals surface area contributed by atoms with Crippen molar-refractivity contribution < 1.29 is 18.3 Å². The fourth-order valence-electron chi connectivity index (χ4n) is 2.84. The first-order chi connectivity index (χ1) is 12.4. The van der Waals surface area contributed by atoms with Crippen molar-refractivity contribution in [3.05, 3.63) is 63.8 Å². The van der Waals surface area contributed by atoms with E-state index in [0.717, 1.165) is 5.56 Å². The molecule has 0 bridgehead atoms. The Hall–Kier alpha value is -1.86. The molecule has 0 amide bonds. The number of hydrogen-bond donors (Lipinski definition) is 1. The van der Waals surface area contributed by atoms with Crippen molar-refractivity contribution in [1.29, 1.82) is 0 Å². The Bertz CT molecular complexity index is 1020. The van der Waals surface area contributed by atoms with Crippen molar-refractivity contribution >= 4 is 51.2 Å². The number of esters is 1. The first-order valence-electron chi connectivity index (χ1n) is 7.77. The third kappa shape index (κ3) is 3.50. The number of carbonyl (C=O) groups excluding carboxylic acids is 1. The normalized spacial score (nSPS) is 12.3. The molecule has 3 aromatic rings. The van der Waals surface area contributed by atoms with Gasteiger partial charge in [0.1, 0.15) is 10.6 Å². The summed E-state index contributed by atoms with van der Waals surface area (Å²) >= 11 is 9.69. The molecule has 26 heavy (non-hydrogen) atoms. The van der Waals surface area contributed by atoms with E-state index in [1.165, 1.54) is 0 Å². The van der Waals surface area contributed by atoms with Crippen LogP contribution in [0.5, 0.6) is 0 Å². The third-order valence-electron chi connectivity index (χ3n) is 3.89. The van der Waals surface area contributed by atoms with E-state index in [0.29, 0.717) is 20.9 Å². The predicted molar refractivity (Wildman–Crippen MR) is 102 cm³/mol. The van der Waals surface area contributed by atoms with Gasteiger partial charge in [-0.2, -0.15) is 0 Å². The first-order valence-corrected chi connectivity index (χ1v) is 9.63. The van der Waals surface area contributed by atoms with Gasteiger partial charge < -0.3 is 13.9 Å². The number of benzene rings is 2. The molecule has 1 N–H and O–H groups in total. The van der Waals surface area contributed by atoms with Crippen LogP contribution < -0.4 is 0 Å². The smallest absolute Gasteiger partial charge is 0.356 e. The number of carbonyl (C=O) groups is 1. The molecule has 0 aliphatic carbocycles. The van der Waals surface area contributed by atoms with Gasteiger partial charge in [-0.1, -0.05) is 47.5 Å². The molecule has 0 saturated heterocycles. The quantitative estimate of drug-likeness (QED) is 0.485. The summed E-state index contributed by atoms with van der Waals surface area (Å²) in [5, 5.41) is 1.34. The maximum absolute atomic E-state index is 12.5. The van der Waals surface area contributed by atoms with Crippen molar-refractivity contribution in [2.75, 3.05) is 6.61 Å². The van der Waals surface area contributed by atoms with Crippen molar-refractivity contribution in [3.8, 4) is 0 Å². The van der Waals surface area contributed by atoms with Gasteiger partial charge in [-0.15, -0.1) is 0 Å². The molecule has 8 heteroatoms. The zero-order valence-corrected chi connectivity index (χ0v) is 16.1. The number of nitrogens with zero attached hydrogens (tertiary/aromatic N) is 1. The van der Waals surface area contributed by atoms with E-state index < -0.39 is 17.0 Å². The monoisotopic (exact) mass is 411 g/mol. The van der Waals surface area contributed by atoms with Crippen LogP contribution >= 0.6 is 23.2 Å². The molecule has 0 radical (unpaired) electrons. The molecule has 1 heterocycles. The average molecular weight is 412 g/mol. The maximum atomic E-state index is 12.5. The lowest BCUT2D eigenvalue weighted by molar-refractivity contribution is 0.0510. The van der Waals surface area contributed by atoms with E-state index in [9.17, 15) is 13.6 Å². The Morgan fingerprint density at radius 1 is 1.19 bits per heavy atom. The molecule has 5 nitrogen and oxygen atoms in total. The zero-order valence-electron chi connectivity index (χ0n) is 13.7. The maximum Gasteiger partial charge on any atom is 0.356 e. The van der Waals surface area contributed by atoms with Gasteiger partial charge in [0.15, 0.2) is 11.1 Å². The number of para-hydroxylation sites is 1. The molecule has 0 aliphatic rings. The summed E-state index contributed by atoms with van der Waals surface area (Å²) in [4.78, 5) is 12.6. The van der Waals surface area contributed by atoms with Gasteiger partial charge in [-0.25, -0.2) is 9.00 Å². The van der Waals surface area contributed by atoms with Crippen LogP contribution in [0.1, 0.15) is 23.0 Å². The fraction of sp³-hybridized carbons (Fsp3) is 0.167. The molecule has 1 unspecified atom stereocenters. The van der Waals surface area contributed by atoms with Gasteiger partial charge >= 0.3 is 5.97 Å². The lowest BCUT2D eigenvalue weighted by Gasteiger charge is -2.11. The zero-order chi connectivity index (χ0) is 18.8. The average Bonchev–Trinajstić information content (AvgIpc) is 2.93. The Morgan fingerprint density at radius 3 is 2.58 bits per heavy atom. The molecule has 3 rings (SSSR count). The van der Waals surface area contributed by atoms with E-state index in [1.54, 1.807) is 54.0 Å². The van der Waals surface area contributed by atoms with Gasteiger partial charge in [0.05, 0.1) is 22.2 Å². The van der Waals surface area contributed by atoms with E-state index in [1.807, 2.05) is 0 Å². The fourth-order valence-corrected chi connectivity index (χ4v) is 3.88. The highest BCUT2D eigenvalue weighted by Crippen LogP contribution is 2.31. The van der Waals surface area contributed by atoms with Crippen LogP contribution in [0.3, 0.4) is 0 Å². The van der Waals surface area contributed by atoms with Crippen LogP contribution in [-0.4, -0.2) is 25.9 Å². The highest BCUT2D eigenvalue weighted by Gasteiger charge is 2.27. The standard InChI is InChI=1S/C18H15Cl2NO4S/c1-2-25-18(22)16-17(26(23)24)12-5-3-4-6-15(12)21(16)10-11-7-8-13(19)14(20)9-11/h3-9H,2,10H2,1H3,(H,23,24). The highest BCUT2D eigenvalue weighted by molar-refractivity contribution is 7.79. The Kier molecular flexibility index (Phi) is 5.67. The van der Waals surface area contributed by atoms with Gasteiger partial charge in [0.25, 0.3) is 0 Å². The predicted octanol–water partition coefficient (Wildman–Crippen LogP) is 4.75. The molecule has 0 saturated carbocycles. The van der Waals surface area contributed by atoms with Gasteiger partial charge in [0.2, 0.25) is 0 Å². The topological polar surface area (TPSA) is 68.5 Å². The van der Waals surface area contributed by atoms with Crippen molar-refractivity contribution in [1.82, 2.24) is 4.57 Å². The van der Waals surface area contributed by atoms with Crippen LogP contribution in [0, 0.1) is 0 Å². The highest BCUT2D eigenvalue weighted by atomic mass is 35.5. The van der Waals surface area contributed by atoms with Gasteiger partial charge in [0, 0.05) is 11.9 Å². The van der Waals surface area contributed by atoms with Crippen LogP contribution in [0.25, 0.3) is 10.9 Å². The van der Waals surface area contributed by atoms with E-state index in [4.69, 9.17) is 27.9 Å². The summed E-state index contributed by atoms with van der Waals surface area (Å²) in [6.45, 7) is 2.10. The number of aromatic nitrogens is 1. The molecule has 0 aliphatic heterocycles. The summed E-state index contributed by atoms with van der Waals surface area (Å²) in [5.41, 5.74) is 1.50. The molecule has 1 aromatic heterocycles. The van der Waals surface area contributed by atoms with E-state index >= 15 is 0 Å². The minimum Gasteiger partial charge on any atom is -0.461 e. The Balaban J connectivity index is 2.24. The van der Waals surface area contributed by atoms with Crippen LogP contribution in [0.2, 0.25) is 10.0 Å². The van der Waals surface area contributed by atoms with Crippen LogP contribution in [-0.2, 0) is 22.4 Å². The van der Waals surface area contributed by atoms with Gasteiger partial charge in [-0.3, -0.25) is 0 Å². The number of halogens is 2. The van der Waals surface area contributed by atoms with Crippen molar-refractivity contribution in [3.63, 3.8) is 0 Å². The summed E-state index contributed by atoms with van der Waals surface area (Å²) in [5.74, 6) is -0.652. The lowest BCUT2D eigenvalue weighted by atomic mass is 10.2. The summed E-state index contributed by atoms with van der Waals surface area (Å²) in [7, 11) is 0. The SMILES string of the molecule is CCOC(=O)c1c(S(=O)O)c2ccccc2n1Cc1ccc(Cl)c(Cl)c1. The minimum atomic E-state index is -2.35. The number of rotatable bonds is 5.